The number of rotatable bonds is 5. The predicted octanol–water partition coefficient (Wildman–Crippen LogP) is 2.30. The fourth-order valence-electron chi connectivity index (χ4n) is 2.48. The lowest BCUT2D eigenvalue weighted by Crippen LogP contribution is -2.36. The van der Waals surface area contributed by atoms with Gasteiger partial charge >= 0.3 is 0 Å². The van der Waals surface area contributed by atoms with Crippen LogP contribution in [-0.2, 0) is 13.8 Å². The van der Waals surface area contributed by atoms with Crippen LogP contribution in [0.25, 0.3) is 0 Å². The first-order chi connectivity index (χ1) is 9.59. The average molecular weight is 334 g/mol. The normalized spacial score (nSPS) is 13.0. The van der Waals surface area contributed by atoms with Crippen molar-refractivity contribution in [1.82, 2.24) is 5.32 Å². The van der Waals surface area contributed by atoms with Gasteiger partial charge < -0.3 is 10.1 Å². The number of aryl methyl sites for hydroxylation is 2. The van der Waals surface area contributed by atoms with Gasteiger partial charge in [-0.3, -0.25) is 4.79 Å². The van der Waals surface area contributed by atoms with E-state index in [0.29, 0.717) is 28.9 Å². The van der Waals surface area contributed by atoms with E-state index in [1.165, 1.54) is 0 Å². The van der Waals surface area contributed by atoms with Gasteiger partial charge in [0.2, 0.25) is 0 Å². The van der Waals surface area contributed by atoms with Crippen molar-refractivity contribution in [3.05, 3.63) is 28.3 Å². The number of carbonyl (C=O) groups excluding carboxylic acids is 1. The van der Waals surface area contributed by atoms with Crippen LogP contribution < -0.4 is 5.32 Å². The summed E-state index contributed by atoms with van der Waals surface area (Å²) in [6, 6.07) is 1.47. The zero-order valence-corrected chi connectivity index (χ0v) is 14.4. The highest BCUT2D eigenvalue weighted by molar-refractivity contribution is 8.13. The lowest BCUT2D eigenvalue weighted by atomic mass is 9.98. The quantitative estimate of drug-likeness (QED) is 0.839. The van der Waals surface area contributed by atoms with Gasteiger partial charge in [0.15, 0.2) is 0 Å². The molecule has 7 heteroatoms. The summed E-state index contributed by atoms with van der Waals surface area (Å²) in [4.78, 5) is 12.4. The summed E-state index contributed by atoms with van der Waals surface area (Å²) in [5, 5.41) is 2.78. The van der Waals surface area contributed by atoms with E-state index >= 15 is 0 Å². The molecular formula is C14H20ClNO4S. The van der Waals surface area contributed by atoms with Crippen LogP contribution in [0, 0.1) is 20.8 Å². The van der Waals surface area contributed by atoms with Gasteiger partial charge in [0.25, 0.3) is 15.0 Å². The van der Waals surface area contributed by atoms with Crippen molar-refractivity contribution < 1.29 is 17.9 Å². The van der Waals surface area contributed by atoms with Crippen LogP contribution in [0.2, 0.25) is 0 Å². The van der Waals surface area contributed by atoms with E-state index in [0.717, 1.165) is 0 Å². The number of carbonyl (C=O) groups is 1. The summed E-state index contributed by atoms with van der Waals surface area (Å²) in [5.74, 6) is -0.337. The van der Waals surface area contributed by atoms with Crippen molar-refractivity contribution in [2.24, 2.45) is 0 Å². The van der Waals surface area contributed by atoms with Gasteiger partial charge in [-0.2, -0.15) is 0 Å². The number of amides is 1. The second-order valence-corrected chi connectivity index (χ2v) is 7.61. The van der Waals surface area contributed by atoms with E-state index in [9.17, 15) is 13.2 Å². The van der Waals surface area contributed by atoms with Gasteiger partial charge in [-0.1, -0.05) is 6.07 Å². The second-order valence-electron chi connectivity index (χ2n) is 5.11. The summed E-state index contributed by atoms with van der Waals surface area (Å²) >= 11 is 0. The van der Waals surface area contributed by atoms with Gasteiger partial charge in [0.1, 0.15) is 0 Å². The standard InChI is InChI=1S/C14H20ClNO4S/c1-8-6-9(2)13(21(15,18)19)11(4)12(8)14(17)16-10(3)7-20-5/h6,10H,7H2,1-5H3,(H,16,17). The smallest absolute Gasteiger partial charge is 0.261 e. The summed E-state index contributed by atoms with van der Waals surface area (Å²) in [7, 11) is 3.11. The molecule has 1 N–H and O–H groups in total. The fraction of sp³-hybridized carbons (Fsp3) is 0.500. The molecule has 0 fully saturated rings. The van der Waals surface area contributed by atoms with E-state index in [1.54, 1.807) is 40.9 Å². The molecular weight excluding hydrogens is 314 g/mol. The third kappa shape index (κ3) is 4.18. The van der Waals surface area contributed by atoms with Gasteiger partial charge in [-0.15, -0.1) is 0 Å². The number of benzene rings is 1. The summed E-state index contributed by atoms with van der Waals surface area (Å²) in [6.07, 6.45) is 0. The molecule has 0 saturated carbocycles. The van der Waals surface area contributed by atoms with E-state index < -0.39 is 9.05 Å². The van der Waals surface area contributed by atoms with E-state index in [2.05, 4.69) is 5.32 Å². The van der Waals surface area contributed by atoms with Crippen molar-refractivity contribution >= 4 is 25.6 Å². The molecule has 1 amide bonds. The van der Waals surface area contributed by atoms with E-state index in [1.807, 2.05) is 0 Å². The third-order valence-corrected chi connectivity index (χ3v) is 4.74. The van der Waals surface area contributed by atoms with Gasteiger partial charge in [0.05, 0.1) is 11.5 Å². The molecule has 0 bridgehead atoms. The highest BCUT2D eigenvalue weighted by atomic mass is 35.7. The van der Waals surface area contributed by atoms with Gasteiger partial charge in [-0.05, 0) is 44.4 Å². The molecule has 0 aliphatic rings. The first-order valence-corrected chi connectivity index (χ1v) is 8.75. The first-order valence-electron chi connectivity index (χ1n) is 6.44. The number of nitrogens with one attached hydrogen (secondary N) is 1. The molecule has 0 radical (unpaired) electrons. The largest absolute Gasteiger partial charge is 0.383 e. The van der Waals surface area contributed by atoms with E-state index in [4.69, 9.17) is 15.4 Å². The molecule has 21 heavy (non-hydrogen) atoms. The Morgan fingerprint density at radius 3 is 2.38 bits per heavy atom. The molecule has 0 aromatic heterocycles. The van der Waals surface area contributed by atoms with Crippen LogP contribution in [0.5, 0.6) is 0 Å². The maximum Gasteiger partial charge on any atom is 0.261 e. The zero-order valence-electron chi connectivity index (χ0n) is 12.8. The third-order valence-electron chi connectivity index (χ3n) is 3.17. The SMILES string of the molecule is COCC(C)NC(=O)c1c(C)cc(C)c(S(=O)(=O)Cl)c1C. The Balaban J connectivity index is 3.34. The number of ether oxygens (including phenoxy) is 1. The predicted molar refractivity (Wildman–Crippen MR) is 82.5 cm³/mol. The topological polar surface area (TPSA) is 72.5 Å². The lowest BCUT2D eigenvalue weighted by Gasteiger charge is -2.18. The summed E-state index contributed by atoms with van der Waals surface area (Å²) < 4.78 is 28.4. The minimum Gasteiger partial charge on any atom is -0.383 e. The van der Waals surface area contributed by atoms with Crippen molar-refractivity contribution in [2.45, 2.75) is 38.6 Å². The number of methoxy groups -OCH3 is 1. The Hall–Kier alpha value is -1.11. The van der Waals surface area contributed by atoms with E-state index in [-0.39, 0.29) is 16.8 Å². The van der Waals surface area contributed by atoms with Crippen LogP contribution in [0.4, 0.5) is 0 Å². The molecule has 5 nitrogen and oxygen atoms in total. The van der Waals surface area contributed by atoms with Gasteiger partial charge in [0, 0.05) is 29.4 Å². The van der Waals surface area contributed by atoms with Crippen LogP contribution in [-0.4, -0.2) is 34.1 Å². The van der Waals surface area contributed by atoms with Crippen molar-refractivity contribution in [1.29, 1.82) is 0 Å². The second kappa shape index (κ2) is 6.77. The molecule has 1 atom stereocenters. The van der Waals surface area contributed by atoms with Crippen LogP contribution >= 0.6 is 10.7 Å². The zero-order chi connectivity index (χ0) is 16.4. The minimum atomic E-state index is -3.91. The monoisotopic (exact) mass is 333 g/mol. The Labute approximate surface area is 130 Å². The van der Waals surface area contributed by atoms with Crippen LogP contribution in [0.1, 0.15) is 34.0 Å². The Bertz CT molecular complexity index is 655. The number of hydrogen-bond donors (Lipinski definition) is 1. The summed E-state index contributed by atoms with van der Waals surface area (Å²) in [6.45, 7) is 7.19. The molecule has 0 heterocycles. The molecule has 1 unspecified atom stereocenters. The average Bonchev–Trinajstić information content (AvgIpc) is 2.25. The highest BCUT2D eigenvalue weighted by Crippen LogP contribution is 2.28. The number of halogens is 1. The molecule has 0 aliphatic heterocycles. The molecule has 0 aliphatic carbocycles. The Morgan fingerprint density at radius 2 is 1.90 bits per heavy atom. The van der Waals surface area contributed by atoms with Crippen molar-refractivity contribution in [2.75, 3.05) is 13.7 Å². The molecule has 118 valence electrons. The molecule has 0 saturated heterocycles. The van der Waals surface area contributed by atoms with Crippen LogP contribution in [0.3, 0.4) is 0 Å². The van der Waals surface area contributed by atoms with Gasteiger partial charge in [-0.25, -0.2) is 8.42 Å². The lowest BCUT2D eigenvalue weighted by molar-refractivity contribution is 0.0904. The van der Waals surface area contributed by atoms with Crippen LogP contribution in [0.15, 0.2) is 11.0 Å². The Morgan fingerprint density at radius 1 is 1.33 bits per heavy atom. The fourth-order valence-corrected chi connectivity index (χ4v) is 4.10. The van der Waals surface area contributed by atoms with Crippen molar-refractivity contribution in [3.63, 3.8) is 0 Å². The maximum absolute atomic E-state index is 12.4. The van der Waals surface area contributed by atoms with Crippen molar-refractivity contribution in [3.8, 4) is 0 Å². The molecule has 1 aromatic carbocycles. The number of hydrogen-bond acceptors (Lipinski definition) is 4. The summed E-state index contributed by atoms with van der Waals surface area (Å²) in [5.41, 5.74) is 1.94. The first kappa shape index (κ1) is 17.9. The molecule has 1 aromatic rings. The molecule has 1 rings (SSSR count). The molecule has 0 spiro atoms. The maximum atomic E-state index is 12.4. The highest BCUT2D eigenvalue weighted by Gasteiger charge is 2.24. The minimum absolute atomic E-state index is 0.000638. The Kier molecular flexibility index (Phi) is 5.78.